The predicted octanol–water partition coefficient (Wildman–Crippen LogP) is 3.22. The van der Waals surface area contributed by atoms with Gasteiger partial charge in [0.1, 0.15) is 12.0 Å². The zero-order valence-corrected chi connectivity index (χ0v) is 12.9. The first-order valence-electron chi connectivity index (χ1n) is 7.71. The van der Waals surface area contributed by atoms with Gasteiger partial charge in [-0.05, 0) is 49.3 Å². The fourth-order valence-corrected chi connectivity index (χ4v) is 3.67. The molecule has 1 aliphatic carbocycles. The molecule has 0 radical (unpaired) electrons. The largest absolute Gasteiger partial charge is 0.319 e. The van der Waals surface area contributed by atoms with Crippen LogP contribution in [0.1, 0.15) is 51.8 Å². The summed E-state index contributed by atoms with van der Waals surface area (Å²) in [6.45, 7) is 6.42. The van der Waals surface area contributed by atoms with Gasteiger partial charge in [-0.1, -0.05) is 26.0 Å². The summed E-state index contributed by atoms with van der Waals surface area (Å²) in [7, 11) is 0. The van der Waals surface area contributed by atoms with E-state index in [4.69, 9.17) is 0 Å². The summed E-state index contributed by atoms with van der Waals surface area (Å²) < 4.78 is 13.1. The van der Waals surface area contributed by atoms with E-state index >= 15 is 0 Å². The number of carbonyl (C=O) groups excluding carboxylic acids is 1. The molecule has 3 atom stereocenters. The number of nitrogens with one attached hydrogen (secondary N) is 1. The minimum Gasteiger partial charge on any atom is -0.319 e. The molecule has 3 unspecified atom stereocenters. The highest BCUT2D eigenvalue weighted by Crippen LogP contribution is 2.42. The van der Waals surface area contributed by atoms with Gasteiger partial charge in [-0.3, -0.25) is 10.1 Å². The van der Waals surface area contributed by atoms with Crippen LogP contribution in [0.2, 0.25) is 0 Å². The Kier molecular flexibility index (Phi) is 3.52. The van der Waals surface area contributed by atoms with Crippen LogP contribution in [-0.2, 0) is 4.79 Å². The van der Waals surface area contributed by atoms with Gasteiger partial charge in [-0.2, -0.15) is 0 Å². The number of benzene rings is 1. The van der Waals surface area contributed by atoms with Crippen LogP contribution in [0.3, 0.4) is 0 Å². The van der Waals surface area contributed by atoms with Crippen molar-refractivity contribution in [3.8, 4) is 0 Å². The Labute approximate surface area is 125 Å². The Morgan fingerprint density at radius 1 is 1.29 bits per heavy atom. The number of carbonyl (C=O) groups is 1. The van der Waals surface area contributed by atoms with Crippen LogP contribution in [0, 0.1) is 11.2 Å². The normalized spacial score (nSPS) is 31.9. The molecule has 2 aliphatic rings. The minimum atomic E-state index is -0.246. The molecule has 1 saturated heterocycles. The van der Waals surface area contributed by atoms with E-state index in [2.05, 4.69) is 19.2 Å². The minimum absolute atomic E-state index is 0.132. The third-order valence-corrected chi connectivity index (χ3v) is 4.83. The van der Waals surface area contributed by atoms with Crippen molar-refractivity contribution < 1.29 is 9.18 Å². The summed E-state index contributed by atoms with van der Waals surface area (Å²) in [5.74, 6) is -0.0864. The lowest BCUT2D eigenvalue weighted by molar-refractivity contribution is -0.132. The van der Waals surface area contributed by atoms with Gasteiger partial charge in [0.05, 0.1) is 6.04 Å². The molecule has 1 heterocycles. The van der Waals surface area contributed by atoms with Crippen LogP contribution in [0.15, 0.2) is 24.3 Å². The molecule has 1 aromatic carbocycles. The summed E-state index contributed by atoms with van der Waals surface area (Å²) in [6.07, 6.45) is 3.09. The van der Waals surface area contributed by atoms with Gasteiger partial charge in [0.15, 0.2) is 0 Å². The van der Waals surface area contributed by atoms with E-state index in [9.17, 15) is 9.18 Å². The second-order valence-electron chi connectivity index (χ2n) is 7.15. The van der Waals surface area contributed by atoms with Crippen LogP contribution in [0.4, 0.5) is 4.39 Å². The molecule has 3 rings (SSSR count). The number of halogens is 1. The Morgan fingerprint density at radius 3 is 2.52 bits per heavy atom. The van der Waals surface area contributed by atoms with Gasteiger partial charge in [-0.15, -0.1) is 0 Å². The molecule has 1 N–H and O–H groups in total. The number of rotatable bonds is 2. The van der Waals surface area contributed by atoms with E-state index in [1.165, 1.54) is 12.1 Å². The van der Waals surface area contributed by atoms with E-state index in [-0.39, 0.29) is 30.0 Å². The third kappa shape index (κ3) is 2.69. The van der Waals surface area contributed by atoms with Crippen molar-refractivity contribution in [2.75, 3.05) is 0 Å². The quantitative estimate of drug-likeness (QED) is 0.907. The molecule has 4 heteroatoms. The fraction of sp³-hybridized carbons (Fsp3) is 0.588. The van der Waals surface area contributed by atoms with Crippen molar-refractivity contribution in [1.29, 1.82) is 0 Å². The zero-order chi connectivity index (χ0) is 15.2. The molecular weight excluding hydrogens is 267 g/mol. The number of hydrogen-bond donors (Lipinski definition) is 1. The van der Waals surface area contributed by atoms with Gasteiger partial charge in [0.25, 0.3) is 0 Å². The van der Waals surface area contributed by atoms with E-state index in [1.54, 1.807) is 12.1 Å². The SMILES string of the molecule is CC1NC(c2ccc(F)cc2)N(C2CCC(C)(C)C2)C1=O. The van der Waals surface area contributed by atoms with Crippen LogP contribution in [-0.4, -0.2) is 22.9 Å². The maximum Gasteiger partial charge on any atom is 0.241 e. The number of hydrogen-bond acceptors (Lipinski definition) is 2. The Hall–Kier alpha value is -1.42. The van der Waals surface area contributed by atoms with Crippen molar-refractivity contribution in [3.63, 3.8) is 0 Å². The summed E-state index contributed by atoms with van der Waals surface area (Å²) >= 11 is 0. The molecule has 2 fully saturated rings. The van der Waals surface area contributed by atoms with Gasteiger partial charge < -0.3 is 4.90 Å². The highest BCUT2D eigenvalue weighted by atomic mass is 19.1. The lowest BCUT2D eigenvalue weighted by Gasteiger charge is -2.31. The molecule has 0 bridgehead atoms. The number of nitrogens with zero attached hydrogens (tertiary/aromatic N) is 1. The first-order chi connectivity index (χ1) is 9.87. The van der Waals surface area contributed by atoms with Crippen molar-refractivity contribution in [1.82, 2.24) is 10.2 Å². The average Bonchev–Trinajstić information content (AvgIpc) is 2.91. The highest BCUT2D eigenvalue weighted by molar-refractivity contribution is 5.84. The fourth-order valence-electron chi connectivity index (χ4n) is 3.67. The first kappa shape index (κ1) is 14.5. The van der Waals surface area contributed by atoms with E-state index in [1.807, 2.05) is 11.8 Å². The van der Waals surface area contributed by atoms with E-state index < -0.39 is 0 Å². The molecule has 1 saturated carbocycles. The molecule has 1 aromatic rings. The zero-order valence-electron chi connectivity index (χ0n) is 12.9. The second kappa shape index (κ2) is 5.09. The standard InChI is InChI=1S/C17H23FN2O/c1-11-16(21)20(14-8-9-17(2,3)10-14)15(19-11)12-4-6-13(18)7-5-12/h4-7,11,14-15,19H,8-10H2,1-3H3. The smallest absolute Gasteiger partial charge is 0.241 e. The van der Waals surface area contributed by atoms with Crippen LogP contribution in [0.5, 0.6) is 0 Å². The molecule has 1 amide bonds. The maximum atomic E-state index is 13.1. The highest BCUT2D eigenvalue weighted by Gasteiger charge is 2.45. The van der Waals surface area contributed by atoms with Crippen molar-refractivity contribution in [2.24, 2.45) is 5.41 Å². The summed E-state index contributed by atoms with van der Waals surface area (Å²) in [5.41, 5.74) is 1.25. The average molecular weight is 290 g/mol. The molecule has 1 aliphatic heterocycles. The van der Waals surface area contributed by atoms with Crippen molar-refractivity contribution in [2.45, 2.75) is 58.3 Å². The maximum absolute atomic E-state index is 13.1. The molecule has 0 spiro atoms. The molecule has 0 aromatic heterocycles. The van der Waals surface area contributed by atoms with Crippen molar-refractivity contribution in [3.05, 3.63) is 35.6 Å². The van der Waals surface area contributed by atoms with Gasteiger partial charge in [0.2, 0.25) is 5.91 Å². The summed E-state index contributed by atoms with van der Waals surface area (Å²) in [5, 5.41) is 3.35. The Balaban J connectivity index is 1.88. The summed E-state index contributed by atoms with van der Waals surface area (Å²) in [4.78, 5) is 14.5. The van der Waals surface area contributed by atoms with Gasteiger partial charge >= 0.3 is 0 Å². The Morgan fingerprint density at radius 2 is 1.95 bits per heavy atom. The van der Waals surface area contributed by atoms with E-state index in [0.717, 1.165) is 24.8 Å². The van der Waals surface area contributed by atoms with Gasteiger partial charge in [-0.25, -0.2) is 4.39 Å². The van der Waals surface area contributed by atoms with Gasteiger partial charge in [0, 0.05) is 6.04 Å². The monoisotopic (exact) mass is 290 g/mol. The second-order valence-corrected chi connectivity index (χ2v) is 7.15. The predicted molar refractivity (Wildman–Crippen MR) is 80.0 cm³/mol. The first-order valence-corrected chi connectivity index (χ1v) is 7.71. The summed E-state index contributed by atoms with van der Waals surface area (Å²) in [6, 6.07) is 6.56. The molecular formula is C17H23FN2O. The van der Waals surface area contributed by atoms with Crippen molar-refractivity contribution >= 4 is 5.91 Å². The molecule has 21 heavy (non-hydrogen) atoms. The number of amides is 1. The lowest BCUT2D eigenvalue weighted by Crippen LogP contribution is -2.39. The topological polar surface area (TPSA) is 32.3 Å². The van der Waals surface area contributed by atoms with Crippen LogP contribution in [0.25, 0.3) is 0 Å². The van der Waals surface area contributed by atoms with Crippen LogP contribution < -0.4 is 5.32 Å². The van der Waals surface area contributed by atoms with Crippen LogP contribution >= 0.6 is 0 Å². The van der Waals surface area contributed by atoms with E-state index in [0.29, 0.717) is 5.41 Å². The Bertz CT molecular complexity index is 540. The molecule has 3 nitrogen and oxygen atoms in total. The third-order valence-electron chi connectivity index (χ3n) is 4.83. The lowest BCUT2D eigenvalue weighted by atomic mass is 9.91. The molecule has 114 valence electrons.